The third-order valence-electron chi connectivity index (χ3n) is 6.81. The minimum Gasteiger partial charge on any atom is -0.317 e. The first-order chi connectivity index (χ1) is 18.9. The Balaban J connectivity index is 1.62. The molecule has 1 aromatic carbocycles. The van der Waals surface area contributed by atoms with E-state index < -0.39 is 0 Å². The first-order valence-electron chi connectivity index (χ1n) is 15.4. The summed E-state index contributed by atoms with van der Waals surface area (Å²) in [5, 5.41) is 32.2. The van der Waals surface area contributed by atoms with Gasteiger partial charge in [-0.05, 0) is 63.8 Å². The van der Waals surface area contributed by atoms with Crippen molar-refractivity contribution in [1.82, 2.24) is 47.9 Å². The molecule has 9 N–H and O–H groups in total. The fraction of sp³-hybridized carbons (Fsp3) is 0.793. The van der Waals surface area contributed by atoms with Crippen LogP contribution in [0.4, 0.5) is 0 Å². The molecule has 1 aliphatic heterocycles. The Kier molecular flexibility index (Phi) is 22.7. The Morgan fingerprint density at radius 2 is 0.868 bits per heavy atom. The van der Waals surface area contributed by atoms with Crippen LogP contribution < -0.4 is 47.9 Å². The van der Waals surface area contributed by atoms with Gasteiger partial charge in [0.15, 0.2) is 0 Å². The predicted molar refractivity (Wildman–Crippen MR) is 163 cm³/mol. The fourth-order valence-corrected chi connectivity index (χ4v) is 4.50. The molecule has 1 unspecified atom stereocenters. The van der Waals surface area contributed by atoms with Crippen LogP contribution in [-0.2, 0) is 6.42 Å². The normalized spacial score (nSPS) is 23.3. The largest absolute Gasteiger partial charge is 0.317 e. The summed E-state index contributed by atoms with van der Waals surface area (Å²) in [5.74, 6) is 0. The average Bonchev–Trinajstić information content (AvgIpc) is 2.94. The highest BCUT2D eigenvalue weighted by Gasteiger charge is 2.08. The molecule has 220 valence electrons. The third-order valence-corrected chi connectivity index (χ3v) is 6.81. The van der Waals surface area contributed by atoms with Gasteiger partial charge in [-0.2, -0.15) is 0 Å². The summed E-state index contributed by atoms with van der Waals surface area (Å²) < 4.78 is 0. The topological polar surface area (TPSA) is 108 Å². The van der Waals surface area contributed by atoms with Crippen molar-refractivity contribution in [3.05, 3.63) is 35.9 Å². The Morgan fingerprint density at radius 3 is 1.42 bits per heavy atom. The van der Waals surface area contributed by atoms with Crippen LogP contribution in [0.3, 0.4) is 0 Å². The zero-order valence-electron chi connectivity index (χ0n) is 24.0. The van der Waals surface area contributed by atoms with Gasteiger partial charge >= 0.3 is 0 Å². The quantitative estimate of drug-likeness (QED) is 0.254. The molecule has 0 spiro atoms. The van der Waals surface area contributed by atoms with Crippen molar-refractivity contribution in [1.29, 1.82) is 0 Å². The molecule has 0 saturated carbocycles. The lowest BCUT2D eigenvalue weighted by Crippen LogP contribution is -2.44. The van der Waals surface area contributed by atoms with E-state index in [0.29, 0.717) is 6.04 Å². The molecule has 0 bridgehead atoms. The molecular formula is C29H59N9. The monoisotopic (exact) mass is 533 g/mol. The van der Waals surface area contributed by atoms with Crippen molar-refractivity contribution in [3.8, 4) is 0 Å². The van der Waals surface area contributed by atoms with E-state index in [1.165, 1.54) is 24.8 Å². The molecule has 1 atom stereocenters. The molecule has 0 amide bonds. The highest BCUT2D eigenvalue weighted by molar-refractivity contribution is 5.14. The van der Waals surface area contributed by atoms with Gasteiger partial charge < -0.3 is 47.9 Å². The number of rotatable bonds is 3. The molecule has 1 aromatic rings. The van der Waals surface area contributed by atoms with Gasteiger partial charge in [-0.3, -0.25) is 0 Å². The summed E-state index contributed by atoms with van der Waals surface area (Å²) in [7, 11) is 0. The van der Waals surface area contributed by atoms with Crippen LogP contribution in [0, 0.1) is 0 Å². The van der Waals surface area contributed by atoms with Crippen molar-refractivity contribution in [2.45, 2.75) is 38.1 Å². The molecule has 38 heavy (non-hydrogen) atoms. The van der Waals surface area contributed by atoms with Crippen LogP contribution in [0.2, 0.25) is 0 Å². The molecule has 0 aliphatic carbocycles. The molecule has 1 heterocycles. The van der Waals surface area contributed by atoms with E-state index in [9.17, 15) is 0 Å². The smallest absolute Gasteiger partial charge is 0.0196 e. The summed E-state index contributed by atoms with van der Waals surface area (Å²) in [6, 6.07) is 11.3. The maximum atomic E-state index is 3.78. The van der Waals surface area contributed by atoms with Crippen LogP contribution >= 0.6 is 0 Å². The van der Waals surface area contributed by atoms with E-state index in [1.807, 2.05) is 0 Å². The Labute approximate surface area is 233 Å². The van der Waals surface area contributed by atoms with Crippen molar-refractivity contribution < 1.29 is 0 Å². The van der Waals surface area contributed by atoms with Crippen molar-refractivity contribution >= 4 is 0 Å². The average molecular weight is 534 g/mol. The zero-order chi connectivity index (χ0) is 26.6. The van der Waals surface area contributed by atoms with E-state index in [4.69, 9.17) is 0 Å². The minimum atomic E-state index is 0.479. The van der Waals surface area contributed by atoms with Crippen molar-refractivity contribution in [3.63, 3.8) is 0 Å². The van der Waals surface area contributed by atoms with Gasteiger partial charge in [-0.25, -0.2) is 0 Å². The molecule has 9 nitrogen and oxygen atoms in total. The number of hydrogen-bond donors (Lipinski definition) is 9. The van der Waals surface area contributed by atoms with Gasteiger partial charge in [0.2, 0.25) is 0 Å². The maximum Gasteiger partial charge on any atom is 0.0196 e. The highest BCUT2D eigenvalue weighted by atomic mass is 15.0. The minimum absolute atomic E-state index is 0.479. The van der Waals surface area contributed by atoms with Crippen LogP contribution in [0.1, 0.15) is 31.2 Å². The van der Waals surface area contributed by atoms with Gasteiger partial charge in [-0.15, -0.1) is 0 Å². The number of aryl methyl sites for hydroxylation is 1. The second-order valence-electron chi connectivity index (χ2n) is 10.2. The second kappa shape index (κ2) is 26.1. The van der Waals surface area contributed by atoms with Gasteiger partial charge in [0.1, 0.15) is 0 Å². The number of benzene rings is 1. The van der Waals surface area contributed by atoms with Gasteiger partial charge in [0.25, 0.3) is 0 Å². The Hall–Kier alpha value is -1.14. The fourth-order valence-electron chi connectivity index (χ4n) is 4.50. The lowest BCUT2D eigenvalue weighted by molar-refractivity contribution is 0.440. The summed E-state index contributed by atoms with van der Waals surface area (Å²) in [4.78, 5) is 0. The van der Waals surface area contributed by atoms with Crippen LogP contribution in [0.5, 0.6) is 0 Å². The predicted octanol–water partition coefficient (Wildman–Crippen LogP) is -0.522. The molecule has 1 aliphatic rings. The van der Waals surface area contributed by atoms with E-state index in [1.54, 1.807) is 0 Å². The maximum absolute atomic E-state index is 3.78. The molecule has 0 radical (unpaired) electrons. The SMILES string of the molecule is c1ccc(CCC2CNCCNCCNCCNCCNCCCCNCCCNCCNCCN2)cc1. The van der Waals surface area contributed by atoms with E-state index >= 15 is 0 Å². The van der Waals surface area contributed by atoms with Crippen LogP contribution in [0.15, 0.2) is 30.3 Å². The molecule has 9 heteroatoms. The summed E-state index contributed by atoms with van der Waals surface area (Å²) >= 11 is 0. The van der Waals surface area contributed by atoms with Crippen molar-refractivity contribution in [2.24, 2.45) is 0 Å². The highest BCUT2D eigenvalue weighted by Crippen LogP contribution is 2.04. The van der Waals surface area contributed by atoms with Crippen LogP contribution in [-0.4, -0.2) is 117 Å². The van der Waals surface area contributed by atoms with E-state index in [2.05, 4.69) is 78.2 Å². The van der Waals surface area contributed by atoms with Gasteiger partial charge in [0, 0.05) is 91.1 Å². The van der Waals surface area contributed by atoms with E-state index in [0.717, 1.165) is 124 Å². The summed E-state index contributed by atoms with van der Waals surface area (Å²) in [5.41, 5.74) is 1.42. The molecule has 2 rings (SSSR count). The lowest BCUT2D eigenvalue weighted by Gasteiger charge is -2.20. The third kappa shape index (κ3) is 20.8. The zero-order valence-corrected chi connectivity index (χ0v) is 24.0. The number of nitrogens with one attached hydrogen (secondary N) is 9. The summed E-state index contributed by atoms with van der Waals surface area (Å²) in [6.45, 7) is 17.6. The number of hydrogen-bond acceptors (Lipinski definition) is 9. The summed E-state index contributed by atoms with van der Waals surface area (Å²) in [6.07, 6.45) is 5.93. The van der Waals surface area contributed by atoms with E-state index in [-0.39, 0.29) is 0 Å². The molecular weight excluding hydrogens is 474 g/mol. The Morgan fingerprint density at radius 1 is 0.447 bits per heavy atom. The van der Waals surface area contributed by atoms with Crippen LogP contribution in [0.25, 0.3) is 0 Å². The second-order valence-corrected chi connectivity index (χ2v) is 10.2. The van der Waals surface area contributed by atoms with Gasteiger partial charge in [0.05, 0.1) is 0 Å². The molecule has 0 aromatic heterocycles. The first-order valence-corrected chi connectivity index (χ1v) is 15.4. The molecule has 1 fully saturated rings. The first kappa shape index (κ1) is 33.1. The van der Waals surface area contributed by atoms with Crippen molar-refractivity contribution in [2.75, 3.05) is 111 Å². The Bertz CT molecular complexity index is 575. The lowest BCUT2D eigenvalue weighted by atomic mass is 10.1. The molecule has 1 saturated heterocycles. The standard InChI is InChI=1S/C29H59N9/c1-2-7-28(8-3-1)9-10-29-27-37-24-23-35-22-21-34-20-19-33-17-15-31-12-5-4-11-30-13-6-14-32-16-18-36-25-26-38-29/h1-3,7-8,29-38H,4-6,9-27H2. The van der Waals surface area contributed by atoms with Gasteiger partial charge in [-0.1, -0.05) is 30.3 Å².